The third-order valence-corrected chi connectivity index (χ3v) is 7.81. The lowest BCUT2D eigenvalue weighted by Gasteiger charge is -2.12. The van der Waals surface area contributed by atoms with Crippen molar-refractivity contribution in [2.24, 2.45) is 0 Å². The quantitative estimate of drug-likeness (QED) is 0.0862. The van der Waals surface area contributed by atoms with Crippen LogP contribution in [0.2, 0.25) is 0 Å². The van der Waals surface area contributed by atoms with E-state index >= 15 is 0 Å². The number of nitriles is 2. The fourth-order valence-electron chi connectivity index (χ4n) is 3.19. The Morgan fingerprint density at radius 1 is 0.540 bits per heavy atom. The highest BCUT2D eigenvalue weighted by Crippen LogP contribution is 2.25. The summed E-state index contributed by atoms with van der Waals surface area (Å²) in [7, 11) is 0. The van der Waals surface area contributed by atoms with Gasteiger partial charge in [0.15, 0.2) is 25.2 Å². The molecule has 0 amide bonds. The number of nitrogens with zero attached hydrogens (tertiary/aromatic N) is 2. The van der Waals surface area contributed by atoms with Gasteiger partial charge in [0.1, 0.15) is 27.3 Å². The van der Waals surface area contributed by atoms with Crippen LogP contribution < -0.4 is 18.9 Å². The Labute approximate surface area is 312 Å². The molecule has 4 aromatic carbocycles. The molecule has 0 radical (unpaired) electrons. The fraction of sp³-hybridized carbons (Fsp3) is 0.316. The molecular formula is C38H46Br2N2O8. The van der Waals surface area contributed by atoms with Crippen LogP contribution in [-0.2, 0) is 0 Å². The average Bonchev–Trinajstić information content (AvgIpc) is 3.09. The lowest BCUT2D eigenvalue weighted by Crippen LogP contribution is -2.19. The summed E-state index contributed by atoms with van der Waals surface area (Å²) in [4.78, 5) is 0. The van der Waals surface area contributed by atoms with E-state index in [1.807, 2.05) is 78.9 Å². The first-order valence-electron chi connectivity index (χ1n) is 15.5. The van der Waals surface area contributed by atoms with Crippen molar-refractivity contribution < 1.29 is 39.4 Å². The van der Waals surface area contributed by atoms with Gasteiger partial charge >= 0.3 is 0 Å². The van der Waals surface area contributed by atoms with Crippen molar-refractivity contribution in [3.05, 3.63) is 121 Å². The number of hydrogen-bond donors (Lipinski definition) is 4. The number of benzene rings is 4. The van der Waals surface area contributed by atoms with Gasteiger partial charge in [-0.3, -0.25) is 0 Å². The van der Waals surface area contributed by atoms with E-state index in [9.17, 15) is 0 Å². The number of ether oxygens (including phenoxy) is 4. The normalized spacial score (nSPS) is 13.0. The second-order valence-electron chi connectivity index (χ2n) is 9.99. The van der Waals surface area contributed by atoms with Crippen LogP contribution in [0.15, 0.2) is 121 Å². The molecule has 5 atom stereocenters. The summed E-state index contributed by atoms with van der Waals surface area (Å²) in [5.74, 6) is 2.77. The Kier molecular flexibility index (Phi) is 26.3. The lowest BCUT2D eigenvalue weighted by atomic mass is 10.1. The molecular weight excluding hydrogens is 772 g/mol. The van der Waals surface area contributed by atoms with Gasteiger partial charge in [0.2, 0.25) is 0 Å². The Bertz CT molecular complexity index is 1260. The Morgan fingerprint density at radius 3 is 0.940 bits per heavy atom. The van der Waals surface area contributed by atoms with Gasteiger partial charge in [-0.1, -0.05) is 105 Å². The van der Waals surface area contributed by atoms with Gasteiger partial charge in [0, 0.05) is 11.8 Å². The number of aliphatic hydroxyl groups is 4. The molecule has 0 aliphatic rings. The van der Waals surface area contributed by atoms with Gasteiger partial charge in [-0.15, -0.1) is 0 Å². The summed E-state index contributed by atoms with van der Waals surface area (Å²) in [6.45, 7) is 6.31. The molecule has 0 heterocycles. The molecule has 0 spiro atoms. The molecule has 0 aromatic heterocycles. The topological polar surface area (TPSA) is 165 Å². The molecule has 0 aliphatic heterocycles. The molecule has 270 valence electrons. The monoisotopic (exact) mass is 816 g/mol. The highest BCUT2D eigenvalue weighted by molar-refractivity contribution is 9.12. The molecule has 0 fully saturated rings. The molecule has 0 aliphatic carbocycles. The van der Waals surface area contributed by atoms with Crippen molar-refractivity contribution in [1.29, 1.82) is 10.5 Å². The maximum Gasteiger partial charge on any atom is 0.194 e. The molecule has 10 nitrogen and oxygen atoms in total. The summed E-state index contributed by atoms with van der Waals surface area (Å²) >= 11 is 6.41. The minimum Gasteiger partial charge on any atom is -0.465 e. The molecule has 5 unspecified atom stereocenters. The van der Waals surface area contributed by atoms with Crippen LogP contribution in [0.4, 0.5) is 0 Å². The second-order valence-corrected chi connectivity index (χ2v) is 12.1. The van der Waals surface area contributed by atoms with E-state index in [1.165, 1.54) is 0 Å². The predicted molar refractivity (Wildman–Crippen MR) is 201 cm³/mol. The van der Waals surface area contributed by atoms with Crippen molar-refractivity contribution in [2.75, 3.05) is 5.33 Å². The van der Waals surface area contributed by atoms with Gasteiger partial charge in [-0.05, 0) is 82.6 Å². The van der Waals surface area contributed by atoms with E-state index in [1.54, 1.807) is 76.2 Å². The van der Waals surface area contributed by atoms with E-state index in [2.05, 4.69) is 37.9 Å². The molecule has 0 saturated carbocycles. The summed E-state index contributed by atoms with van der Waals surface area (Å²) in [6, 6.07) is 40.9. The molecule has 12 heteroatoms. The Hall–Kier alpha value is -4.14. The first-order chi connectivity index (χ1) is 23.8. The van der Waals surface area contributed by atoms with Crippen molar-refractivity contribution in [3.63, 3.8) is 0 Å². The summed E-state index contributed by atoms with van der Waals surface area (Å²) in [5, 5.41) is 52.5. The maximum atomic E-state index is 8.78. The van der Waals surface area contributed by atoms with Crippen molar-refractivity contribution >= 4 is 31.9 Å². The van der Waals surface area contributed by atoms with Crippen LogP contribution in [0.3, 0.4) is 0 Å². The fourth-order valence-corrected chi connectivity index (χ4v) is 3.79. The zero-order valence-electron chi connectivity index (χ0n) is 28.5. The number of alkyl halides is 2. The van der Waals surface area contributed by atoms with Crippen molar-refractivity contribution in [3.8, 4) is 35.1 Å². The van der Waals surface area contributed by atoms with Crippen LogP contribution in [0.1, 0.15) is 40.5 Å². The van der Waals surface area contributed by atoms with Gasteiger partial charge in [-0.2, -0.15) is 10.5 Å². The number of hydrogen-bond acceptors (Lipinski definition) is 10. The first kappa shape index (κ1) is 45.9. The molecule has 0 saturated heterocycles. The summed E-state index contributed by atoms with van der Waals surface area (Å²) in [5.41, 5.74) is 0. The molecule has 4 rings (SSSR count). The Balaban J connectivity index is 0.000000600. The van der Waals surface area contributed by atoms with E-state index in [0.29, 0.717) is 41.2 Å². The van der Waals surface area contributed by atoms with Gasteiger partial charge in [-0.25, -0.2) is 0 Å². The number of aliphatic hydroxyl groups excluding tert-OH is 4. The number of halogens is 2. The SMILES string of the molecule is CC(O)Oc1ccccc1.CC(O)Oc1ccccc1.CC(O)Oc1ccccc1.CC(O)Oc1ccccc1.N#CCCC(Br)(C#N)CBr. The summed E-state index contributed by atoms with van der Waals surface area (Å²) in [6.07, 6.45) is -1.97. The third-order valence-electron chi connectivity index (χ3n) is 5.24. The van der Waals surface area contributed by atoms with Crippen LogP contribution in [0.5, 0.6) is 23.0 Å². The highest BCUT2D eigenvalue weighted by atomic mass is 79.9. The van der Waals surface area contributed by atoms with E-state index < -0.39 is 29.5 Å². The van der Waals surface area contributed by atoms with Gasteiger partial charge in [0.05, 0.1) is 12.1 Å². The Morgan fingerprint density at radius 2 is 0.780 bits per heavy atom. The number of para-hydroxylation sites is 4. The molecule has 50 heavy (non-hydrogen) atoms. The van der Waals surface area contributed by atoms with Crippen LogP contribution in [-0.4, -0.2) is 55.2 Å². The van der Waals surface area contributed by atoms with Crippen molar-refractivity contribution in [2.45, 2.75) is 70.0 Å². The van der Waals surface area contributed by atoms with Gasteiger partial charge < -0.3 is 39.4 Å². The molecule has 0 bridgehead atoms. The van der Waals surface area contributed by atoms with E-state index in [-0.39, 0.29) is 0 Å². The average molecular weight is 819 g/mol. The van der Waals surface area contributed by atoms with Crippen LogP contribution >= 0.6 is 31.9 Å². The summed E-state index contributed by atoms with van der Waals surface area (Å²) < 4.78 is 19.3. The maximum absolute atomic E-state index is 8.78. The standard InChI is InChI=1S/4C8H10O2.C6H6Br2N2/c4*1-7(9)10-8-5-3-2-4-6-8;7-4-6(8,5-10)2-1-3-9/h4*2-7,9H,1H3;1-2,4H2. The second kappa shape index (κ2) is 28.7. The minimum atomic E-state index is -0.734. The molecule has 4 N–H and O–H groups in total. The first-order valence-corrected chi connectivity index (χ1v) is 17.4. The third kappa shape index (κ3) is 26.8. The smallest absolute Gasteiger partial charge is 0.194 e. The number of rotatable bonds is 11. The lowest BCUT2D eigenvalue weighted by molar-refractivity contribution is -0.000878. The molecule has 4 aromatic rings. The van der Waals surface area contributed by atoms with E-state index in [4.69, 9.17) is 49.9 Å². The minimum absolute atomic E-state index is 0.407. The van der Waals surface area contributed by atoms with Crippen LogP contribution in [0, 0.1) is 22.7 Å². The zero-order chi connectivity index (χ0) is 37.6. The van der Waals surface area contributed by atoms with Crippen LogP contribution in [0.25, 0.3) is 0 Å². The zero-order valence-corrected chi connectivity index (χ0v) is 31.7. The largest absolute Gasteiger partial charge is 0.465 e. The van der Waals surface area contributed by atoms with E-state index in [0.717, 1.165) is 0 Å². The predicted octanol–water partition coefficient (Wildman–Crippen LogP) is 7.96. The highest BCUT2D eigenvalue weighted by Gasteiger charge is 2.23. The van der Waals surface area contributed by atoms with Crippen molar-refractivity contribution in [1.82, 2.24) is 0 Å². The van der Waals surface area contributed by atoms with Gasteiger partial charge in [0.25, 0.3) is 0 Å².